The Hall–Kier alpha value is -1.88. The number of thioether (sulfide) groups is 2. The number of rotatable bonds is 2. The minimum atomic E-state index is -0.145. The number of carbonyl (C=O) groups excluding carboxylic acids is 2. The van der Waals surface area contributed by atoms with E-state index in [4.69, 9.17) is 9.98 Å². The van der Waals surface area contributed by atoms with Crippen molar-refractivity contribution in [3.05, 3.63) is 56.0 Å². The van der Waals surface area contributed by atoms with E-state index >= 15 is 0 Å². The number of aryl methyl sites for hydroxylation is 1. The molecule has 5 rings (SSSR count). The van der Waals surface area contributed by atoms with Gasteiger partial charge >= 0.3 is 0 Å². The first-order chi connectivity index (χ1) is 16.9. The number of aromatic nitrogens is 2. The van der Waals surface area contributed by atoms with Crippen molar-refractivity contribution >= 4 is 84.1 Å². The molecule has 0 N–H and O–H groups in total. The summed E-state index contributed by atoms with van der Waals surface area (Å²) < 4.78 is 3.09. The Kier molecular flexibility index (Phi) is 7.25. The molecule has 0 radical (unpaired) electrons. The van der Waals surface area contributed by atoms with Gasteiger partial charge in [-0.3, -0.25) is 19.5 Å². The molecule has 0 aromatic carbocycles. The van der Waals surface area contributed by atoms with Crippen LogP contribution in [0.4, 0.5) is 0 Å². The highest BCUT2D eigenvalue weighted by atomic mass is 79.9. The lowest BCUT2D eigenvalue weighted by Crippen LogP contribution is -2.45. The minimum absolute atomic E-state index is 0.00393. The number of aldehydes is 1. The molecule has 6 nitrogen and oxygen atoms in total. The van der Waals surface area contributed by atoms with Gasteiger partial charge in [0.05, 0.1) is 31.4 Å². The molecule has 182 valence electrons. The highest BCUT2D eigenvalue weighted by molar-refractivity contribution is 9.14. The van der Waals surface area contributed by atoms with Gasteiger partial charge in [0.2, 0.25) is 0 Å². The molecule has 2 aromatic heterocycles. The average Bonchev–Trinajstić information content (AvgIpc) is 3.37. The summed E-state index contributed by atoms with van der Waals surface area (Å²) in [7, 11) is 2.02. The minimum Gasteiger partial charge on any atom is -0.326 e. The summed E-state index contributed by atoms with van der Waals surface area (Å²) in [6, 6.07) is 1.93. The first-order valence-electron chi connectivity index (χ1n) is 11.4. The fourth-order valence-electron chi connectivity index (χ4n) is 4.62. The lowest BCUT2D eigenvalue weighted by Gasteiger charge is -2.33. The van der Waals surface area contributed by atoms with Gasteiger partial charge in [-0.05, 0) is 72.1 Å². The second-order valence-corrected chi connectivity index (χ2v) is 13.2. The van der Waals surface area contributed by atoms with Crippen molar-refractivity contribution in [3.63, 3.8) is 0 Å². The number of aliphatic imine (C=N–C) groups is 1. The molecular weight excluding hydrogens is 564 g/mol. The summed E-state index contributed by atoms with van der Waals surface area (Å²) in [4.78, 5) is 39.8. The van der Waals surface area contributed by atoms with E-state index in [-0.39, 0.29) is 17.3 Å². The third-order valence-electron chi connectivity index (χ3n) is 6.32. The van der Waals surface area contributed by atoms with Crippen LogP contribution < -0.4 is 0 Å². The molecular formula is C25H25BrN4O2S3. The van der Waals surface area contributed by atoms with Gasteiger partial charge in [0, 0.05) is 18.2 Å². The molecule has 0 saturated carbocycles. The van der Waals surface area contributed by atoms with Crippen molar-refractivity contribution in [2.75, 3.05) is 5.75 Å². The first-order valence-corrected chi connectivity index (χ1v) is 15.0. The second-order valence-electron chi connectivity index (χ2n) is 8.59. The van der Waals surface area contributed by atoms with Gasteiger partial charge in [-0.1, -0.05) is 23.9 Å². The molecule has 2 aliphatic heterocycles. The summed E-state index contributed by atoms with van der Waals surface area (Å²) in [5, 5.41) is 2.00. The largest absolute Gasteiger partial charge is 0.326 e. The lowest BCUT2D eigenvalue weighted by molar-refractivity contribution is -0.124. The Bertz CT molecular complexity index is 1360. The van der Waals surface area contributed by atoms with Crippen molar-refractivity contribution in [1.29, 1.82) is 0 Å². The molecule has 2 unspecified atom stereocenters. The standard InChI is InChI=1S/C25H25BrN4O2S3/c1-14-11-20(26)35-15(2)27-21-13-34-22(23-28-24-19(29(23)3)9-10-33-24)18-8-7-16(25(32)30(14)21)5-4-6-17(18)12-31/h5-6,9-12,14-15H,4,7-8,13H2,1-3H3/b16-5+,17-6?,20-11-,22-18?,27-21?. The number of fused-ring (bicyclic) bond motifs is 5. The van der Waals surface area contributed by atoms with E-state index in [0.717, 1.165) is 48.2 Å². The predicted octanol–water partition coefficient (Wildman–Crippen LogP) is 6.27. The van der Waals surface area contributed by atoms with Gasteiger partial charge in [0.1, 0.15) is 22.8 Å². The lowest BCUT2D eigenvalue weighted by atomic mass is 9.93. The quantitative estimate of drug-likeness (QED) is 0.386. The number of allylic oxidation sites excluding steroid dienone is 4. The molecule has 2 bridgehead atoms. The van der Waals surface area contributed by atoms with E-state index in [0.29, 0.717) is 30.6 Å². The number of imidazole rings is 1. The summed E-state index contributed by atoms with van der Waals surface area (Å²) in [6.07, 6.45) is 8.62. The zero-order valence-corrected chi connectivity index (χ0v) is 23.7. The monoisotopic (exact) mass is 588 g/mol. The number of amidine groups is 1. The Morgan fingerprint density at radius 1 is 1.23 bits per heavy atom. The third kappa shape index (κ3) is 4.77. The van der Waals surface area contributed by atoms with Crippen molar-refractivity contribution in [2.45, 2.75) is 44.5 Å². The molecule has 35 heavy (non-hydrogen) atoms. The van der Waals surface area contributed by atoms with Crippen molar-refractivity contribution in [1.82, 2.24) is 14.5 Å². The Morgan fingerprint density at radius 2 is 2.06 bits per heavy atom. The first kappa shape index (κ1) is 24.8. The summed E-state index contributed by atoms with van der Waals surface area (Å²) in [5.41, 5.74) is 3.48. The normalized spacial score (nSPS) is 27.0. The Balaban J connectivity index is 1.70. The molecule has 1 amide bonds. The van der Waals surface area contributed by atoms with E-state index in [1.807, 2.05) is 43.3 Å². The van der Waals surface area contributed by atoms with E-state index in [2.05, 4.69) is 32.6 Å². The molecule has 0 spiro atoms. The molecule has 2 aromatic rings. The number of thiophene rings is 1. The van der Waals surface area contributed by atoms with Crippen LogP contribution in [0.3, 0.4) is 0 Å². The third-order valence-corrected chi connectivity index (χ3v) is 9.87. The topological polar surface area (TPSA) is 67.6 Å². The van der Waals surface area contributed by atoms with Crippen LogP contribution >= 0.6 is 50.8 Å². The van der Waals surface area contributed by atoms with Gasteiger partial charge in [-0.25, -0.2) is 4.98 Å². The maximum Gasteiger partial charge on any atom is 0.255 e. The maximum atomic E-state index is 13.8. The fourth-order valence-corrected chi connectivity index (χ4v) is 8.58. The van der Waals surface area contributed by atoms with Gasteiger partial charge < -0.3 is 4.57 Å². The number of hydrogen-bond acceptors (Lipinski definition) is 7. The molecule has 0 fully saturated rings. The van der Waals surface area contributed by atoms with Crippen LogP contribution in [0.25, 0.3) is 15.3 Å². The van der Waals surface area contributed by atoms with Crippen molar-refractivity contribution < 1.29 is 9.59 Å². The predicted molar refractivity (Wildman–Crippen MR) is 152 cm³/mol. The summed E-state index contributed by atoms with van der Waals surface area (Å²) >= 11 is 8.50. The molecule has 4 heterocycles. The van der Waals surface area contributed by atoms with Crippen molar-refractivity contribution in [3.8, 4) is 0 Å². The van der Waals surface area contributed by atoms with Gasteiger partial charge in [-0.2, -0.15) is 0 Å². The van der Waals surface area contributed by atoms with Crippen LogP contribution in [0, 0.1) is 0 Å². The molecule has 10 heteroatoms. The molecule has 1 aliphatic carbocycles. The van der Waals surface area contributed by atoms with E-state index in [1.54, 1.807) is 34.9 Å². The number of carbonyl (C=O) groups is 2. The molecule has 0 saturated heterocycles. The van der Waals surface area contributed by atoms with Crippen LogP contribution in [-0.4, -0.2) is 49.6 Å². The zero-order valence-electron chi connectivity index (χ0n) is 19.7. The SMILES string of the molecule is CC1N=C2CSC(c3nc4sccc4n3C)=C3CC/C(=C\CC=C3C=O)C(=O)N2C(C)/C=C(/Br)S1. The Labute approximate surface area is 225 Å². The number of halogens is 1. The molecule has 2 atom stereocenters. The van der Waals surface area contributed by atoms with E-state index in [1.165, 1.54) is 0 Å². The summed E-state index contributed by atoms with van der Waals surface area (Å²) in [5.74, 6) is 2.11. The van der Waals surface area contributed by atoms with Crippen LogP contribution in [0.15, 0.2) is 55.2 Å². The van der Waals surface area contributed by atoms with Crippen LogP contribution in [0.2, 0.25) is 0 Å². The van der Waals surface area contributed by atoms with Crippen LogP contribution in [0.5, 0.6) is 0 Å². The summed E-state index contributed by atoms with van der Waals surface area (Å²) in [6.45, 7) is 4.07. The number of nitrogens with zero attached hydrogens (tertiary/aromatic N) is 4. The number of amides is 1. The average molecular weight is 590 g/mol. The Morgan fingerprint density at radius 3 is 2.83 bits per heavy atom. The maximum absolute atomic E-state index is 13.8. The van der Waals surface area contributed by atoms with E-state index in [9.17, 15) is 9.59 Å². The fraction of sp³-hybridized carbons (Fsp3) is 0.360. The van der Waals surface area contributed by atoms with Gasteiger partial charge in [0.15, 0.2) is 0 Å². The number of hydrogen-bond donors (Lipinski definition) is 0. The van der Waals surface area contributed by atoms with E-state index < -0.39 is 0 Å². The smallest absolute Gasteiger partial charge is 0.255 e. The highest BCUT2D eigenvalue weighted by Crippen LogP contribution is 2.41. The van der Waals surface area contributed by atoms with Gasteiger partial charge in [-0.15, -0.1) is 23.1 Å². The second kappa shape index (κ2) is 10.2. The van der Waals surface area contributed by atoms with Crippen LogP contribution in [0.1, 0.15) is 38.9 Å². The van der Waals surface area contributed by atoms with Crippen LogP contribution in [-0.2, 0) is 16.6 Å². The van der Waals surface area contributed by atoms with Gasteiger partial charge in [0.25, 0.3) is 5.91 Å². The highest BCUT2D eigenvalue weighted by Gasteiger charge is 2.32. The zero-order chi connectivity index (χ0) is 24.7. The molecule has 3 aliphatic rings. The van der Waals surface area contributed by atoms with Crippen molar-refractivity contribution in [2.24, 2.45) is 12.0 Å².